The van der Waals surface area contributed by atoms with Crippen molar-refractivity contribution < 1.29 is 46.4 Å². The fourth-order valence-electron chi connectivity index (χ4n) is 4.40. The summed E-state index contributed by atoms with van der Waals surface area (Å²) in [7, 11) is -1.77. The van der Waals surface area contributed by atoms with Gasteiger partial charge in [0.2, 0.25) is 10.0 Å². The Hall–Kier alpha value is -1.39. The van der Waals surface area contributed by atoms with E-state index in [2.05, 4.69) is 18.4 Å². The number of nitrogens with zero attached hydrogens (tertiary/aromatic N) is 2. The van der Waals surface area contributed by atoms with Crippen molar-refractivity contribution in [3.63, 3.8) is 0 Å². The van der Waals surface area contributed by atoms with Gasteiger partial charge in [-0.15, -0.1) is 0 Å². The lowest BCUT2D eigenvalue weighted by molar-refractivity contribution is -0.697. The molecule has 2 aromatic rings. The molecule has 6 nitrogen and oxygen atoms in total. The van der Waals surface area contributed by atoms with E-state index in [4.69, 9.17) is 9.47 Å². The maximum absolute atomic E-state index is 12.5. The van der Waals surface area contributed by atoms with Crippen LogP contribution in [0.25, 0.3) is 0 Å². The van der Waals surface area contributed by atoms with Crippen LogP contribution in [0.1, 0.15) is 95.6 Å². The number of pyridine rings is 1. The van der Waals surface area contributed by atoms with Crippen LogP contribution >= 0.6 is 0 Å². The number of rotatable bonds is 20. The van der Waals surface area contributed by atoms with E-state index in [0.717, 1.165) is 30.5 Å². The van der Waals surface area contributed by atoms with Gasteiger partial charge in [0.05, 0.1) is 20.0 Å². The van der Waals surface area contributed by atoms with Crippen LogP contribution in [0.3, 0.4) is 0 Å². The van der Waals surface area contributed by atoms with Crippen molar-refractivity contribution in [2.45, 2.75) is 104 Å². The van der Waals surface area contributed by atoms with Crippen molar-refractivity contribution in [2.75, 3.05) is 20.0 Å². The van der Waals surface area contributed by atoms with E-state index in [0.29, 0.717) is 24.7 Å². The van der Waals surface area contributed by atoms with Gasteiger partial charge in [-0.2, -0.15) is 4.31 Å². The SMILES string of the molecule is CCCCCCCCCCCCOc1ccc(CN(Cc2cc[n+](CCC)cc2)S(C)(=O)=O)cc1OC.[I-]. The largest absolute Gasteiger partial charge is 1.00 e. The second-order valence-electron chi connectivity index (χ2n) is 9.99. The molecule has 1 aromatic carbocycles. The minimum atomic E-state index is -3.39. The molecular weight excluding hydrogens is 611 g/mol. The second kappa shape index (κ2) is 19.6. The number of sulfonamides is 1. The highest BCUT2D eigenvalue weighted by molar-refractivity contribution is 7.88. The van der Waals surface area contributed by atoms with Crippen molar-refractivity contribution >= 4 is 10.0 Å². The van der Waals surface area contributed by atoms with Crippen molar-refractivity contribution in [2.24, 2.45) is 0 Å². The highest BCUT2D eigenvalue weighted by Gasteiger charge is 2.19. The van der Waals surface area contributed by atoms with E-state index in [9.17, 15) is 8.42 Å². The van der Waals surface area contributed by atoms with Crippen LogP contribution in [0.4, 0.5) is 0 Å². The lowest BCUT2D eigenvalue weighted by Gasteiger charge is -2.21. The Labute approximate surface area is 249 Å². The molecule has 0 aliphatic rings. The molecule has 0 spiro atoms. The van der Waals surface area contributed by atoms with Gasteiger partial charge in [0.15, 0.2) is 23.9 Å². The molecule has 0 saturated heterocycles. The molecule has 0 unspecified atom stereocenters. The van der Waals surface area contributed by atoms with Crippen LogP contribution in [0, 0.1) is 0 Å². The zero-order valence-corrected chi connectivity index (χ0v) is 26.9. The standard InChI is InChI=1S/C30H49N2O4S.HI/c1-5-7-8-9-10-11-12-13-14-15-23-36-29-17-16-28(24-30(29)35-3)26-32(37(4,33)34)25-27-18-21-31(20-6-2)22-19-27;/h16-19,21-22,24H,5-15,20,23,25-26H2,1-4H3;1H/q+1;/p-1. The van der Waals surface area contributed by atoms with Gasteiger partial charge in [-0.05, 0) is 29.7 Å². The predicted octanol–water partition coefficient (Wildman–Crippen LogP) is 3.66. The highest BCUT2D eigenvalue weighted by Crippen LogP contribution is 2.29. The molecule has 1 heterocycles. The Bertz CT molecular complexity index is 1000. The number of unbranched alkanes of at least 4 members (excludes halogenated alkanes) is 9. The first-order valence-corrected chi connectivity index (χ1v) is 15.9. The van der Waals surface area contributed by atoms with Crippen LogP contribution in [-0.2, 0) is 29.7 Å². The molecule has 1 aromatic heterocycles. The van der Waals surface area contributed by atoms with Crippen LogP contribution in [0.5, 0.6) is 11.5 Å². The van der Waals surface area contributed by atoms with Gasteiger partial charge in [0.25, 0.3) is 0 Å². The quantitative estimate of drug-likeness (QED) is 0.124. The molecule has 0 saturated carbocycles. The number of halogens is 1. The molecule has 8 heteroatoms. The van der Waals surface area contributed by atoms with Gasteiger partial charge in [0.1, 0.15) is 6.54 Å². The van der Waals surface area contributed by atoms with Crippen molar-refractivity contribution in [1.29, 1.82) is 0 Å². The molecule has 0 radical (unpaired) electrons. The zero-order chi connectivity index (χ0) is 26.9. The highest BCUT2D eigenvalue weighted by atomic mass is 127. The van der Waals surface area contributed by atoms with E-state index in [-0.39, 0.29) is 30.5 Å². The van der Waals surface area contributed by atoms with E-state index < -0.39 is 10.0 Å². The number of methoxy groups -OCH3 is 1. The molecule has 0 bridgehead atoms. The normalized spacial score (nSPS) is 11.4. The van der Waals surface area contributed by atoms with Gasteiger partial charge in [-0.3, -0.25) is 0 Å². The maximum atomic E-state index is 12.5. The van der Waals surface area contributed by atoms with Crippen LogP contribution in [-0.4, -0.2) is 32.7 Å². The average Bonchev–Trinajstić information content (AvgIpc) is 2.88. The summed E-state index contributed by atoms with van der Waals surface area (Å²) in [5.41, 5.74) is 1.83. The molecule has 0 aliphatic heterocycles. The van der Waals surface area contributed by atoms with E-state index in [1.54, 1.807) is 7.11 Å². The molecule has 2 rings (SSSR count). The molecule has 216 valence electrons. The van der Waals surface area contributed by atoms with Crippen molar-refractivity contribution in [3.8, 4) is 11.5 Å². The number of aromatic nitrogens is 1. The first-order chi connectivity index (χ1) is 17.9. The predicted molar refractivity (Wildman–Crippen MR) is 151 cm³/mol. The molecule has 0 N–H and O–H groups in total. The fraction of sp³-hybridized carbons (Fsp3) is 0.633. The summed E-state index contributed by atoms with van der Waals surface area (Å²) in [5.74, 6) is 1.34. The fourth-order valence-corrected chi connectivity index (χ4v) is 5.17. The summed E-state index contributed by atoms with van der Waals surface area (Å²) in [6.07, 6.45) is 19.2. The Morgan fingerprint density at radius 1 is 0.763 bits per heavy atom. The van der Waals surface area contributed by atoms with E-state index in [1.807, 2.05) is 42.7 Å². The monoisotopic (exact) mass is 660 g/mol. The first-order valence-electron chi connectivity index (χ1n) is 14.1. The average molecular weight is 661 g/mol. The molecule has 0 atom stereocenters. The first kappa shape index (κ1) is 34.6. The third kappa shape index (κ3) is 13.6. The van der Waals surface area contributed by atoms with Crippen LogP contribution in [0.2, 0.25) is 0 Å². The van der Waals surface area contributed by atoms with Crippen LogP contribution < -0.4 is 38.0 Å². The van der Waals surface area contributed by atoms with Crippen LogP contribution in [0.15, 0.2) is 42.7 Å². The third-order valence-corrected chi connectivity index (χ3v) is 7.81. The number of ether oxygens (including phenoxy) is 2. The minimum absolute atomic E-state index is 0. The molecule has 38 heavy (non-hydrogen) atoms. The van der Waals surface area contributed by atoms with Gasteiger partial charge >= 0.3 is 0 Å². The minimum Gasteiger partial charge on any atom is -1.00 e. The number of hydrogen-bond acceptors (Lipinski definition) is 4. The lowest BCUT2D eigenvalue weighted by Crippen LogP contribution is -3.00. The summed E-state index contributed by atoms with van der Waals surface area (Å²) in [5, 5.41) is 0. The number of aryl methyl sites for hydroxylation is 1. The molecule has 0 amide bonds. The molecular formula is C30H49IN2O4S. The Morgan fingerprint density at radius 2 is 1.34 bits per heavy atom. The van der Waals surface area contributed by atoms with E-state index in [1.165, 1.54) is 68.3 Å². The zero-order valence-electron chi connectivity index (χ0n) is 24.0. The van der Waals surface area contributed by atoms with Gasteiger partial charge < -0.3 is 33.5 Å². The summed E-state index contributed by atoms with van der Waals surface area (Å²) in [6.45, 7) is 6.60. The lowest BCUT2D eigenvalue weighted by atomic mass is 10.1. The summed E-state index contributed by atoms with van der Waals surface area (Å²) in [4.78, 5) is 0. The summed E-state index contributed by atoms with van der Waals surface area (Å²) < 4.78 is 40.2. The summed E-state index contributed by atoms with van der Waals surface area (Å²) in [6, 6.07) is 9.67. The topological polar surface area (TPSA) is 59.7 Å². The van der Waals surface area contributed by atoms with Gasteiger partial charge in [-0.1, -0.05) is 77.7 Å². The maximum Gasteiger partial charge on any atom is 0.211 e. The number of benzene rings is 1. The van der Waals surface area contributed by atoms with Crippen molar-refractivity contribution in [3.05, 3.63) is 53.9 Å². The number of hydrogen-bond donors (Lipinski definition) is 0. The second-order valence-corrected chi connectivity index (χ2v) is 12.0. The Balaban J connectivity index is 0.00000722. The molecule has 0 fully saturated rings. The summed E-state index contributed by atoms with van der Waals surface area (Å²) >= 11 is 0. The van der Waals surface area contributed by atoms with E-state index >= 15 is 0 Å². The smallest absolute Gasteiger partial charge is 0.211 e. The van der Waals surface area contributed by atoms with Crippen molar-refractivity contribution in [1.82, 2.24) is 4.31 Å². The molecule has 0 aliphatic carbocycles. The van der Waals surface area contributed by atoms with Gasteiger partial charge in [-0.25, -0.2) is 13.0 Å². The van der Waals surface area contributed by atoms with Gasteiger partial charge in [0, 0.05) is 31.6 Å². The third-order valence-electron chi connectivity index (χ3n) is 6.61. The Kier molecular flexibility index (Phi) is 17.9. The Morgan fingerprint density at radius 3 is 1.89 bits per heavy atom.